The highest BCUT2D eigenvalue weighted by Crippen LogP contribution is 2.21. The zero-order valence-corrected chi connectivity index (χ0v) is 14.7. The van der Waals surface area contributed by atoms with E-state index in [4.69, 9.17) is 0 Å². The van der Waals surface area contributed by atoms with E-state index in [1.54, 1.807) is 19.1 Å². The molecular weight excluding hydrogens is 348 g/mol. The molecule has 25 heavy (non-hydrogen) atoms. The van der Waals surface area contributed by atoms with Crippen molar-refractivity contribution in [3.63, 3.8) is 0 Å². The maximum atomic E-state index is 13.8. The van der Waals surface area contributed by atoms with Crippen LogP contribution in [-0.2, 0) is 9.84 Å². The van der Waals surface area contributed by atoms with Crippen molar-refractivity contribution < 1.29 is 22.0 Å². The third-order valence-corrected chi connectivity index (χ3v) is 5.69. The average molecular weight is 367 g/mol. The predicted octanol–water partition coefficient (Wildman–Crippen LogP) is 3.64. The smallest absolute Gasteiger partial charge is 0.253 e. The first-order chi connectivity index (χ1) is 11.8. The van der Waals surface area contributed by atoms with Gasteiger partial charge in [-0.2, -0.15) is 0 Å². The highest BCUT2D eigenvalue weighted by molar-refractivity contribution is 7.91. The molecule has 0 saturated heterocycles. The van der Waals surface area contributed by atoms with Crippen LogP contribution in [0.15, 0.2) is 47.4 Å². The van der Waals surface area contributed by atoms with Gasteiger partial charge in [-0.1, -0.05) is 25.1 Å². The Bertz CT molecular complexity index is 882. The molecule has 1 unspecified atom stereocenters. The molecule has 0 heterocycles. The average Bonchev–Trinajstić information content (AvgIpc) is 2.54. The normalized spacial score (nSPS) is 12.6. The number of rotatable bonds is 6. The van der Waals surface area contributed by atoms with E-state index in [0.717, 1.165) is 12.1 Å². The van der Waals surface area contributed by atoms with Crippen molar-refractivity contribution in [3.05, 3.63) is 65.2 Å². The third-order valence-electron chi connectivity index (χ3n) is 3.72. The summed E-state index contributed by atoms with van der Waals surface area (Å²) in [5, 5.41) is 2.56. The maximum absolute atomic E-state index is 13.8. The summed E-state index contributed by atoms with van der Waals surface area (Å²) in [6, 6.07) is 8.21. The number of nitrogens with one attached hydrogen (secondary N) is 1. The maximum Gasteiger partial charge on any atom is 0.253 e. The lowest BCUT2D eigenvalue weighted by Crippen LogP contribution is -2.29. The standard InChI is InChI=1S/C18H19F2NO3S/c1-3-10-25(23,24)17-7-5-4-6-15(17)18(22)21-12(2)14-9-8-13(19)11-16(14)20/h4-9,11-12H,3,10H2,1-2H3,(H,21,22). The molecule has 0 aromatic heterocycles. The Morgan fingerprint density at radius 3 is 2.48 bits per heavy atom. The van der Waals surface area contributed by atoms with Crippen molar-refractivity contribution in [2.24, 2.45) is 0 Å². The number of carbonyl (C=O) groups is 1. The fourth-order valence-electron chi connectivity index (χ4n) is 2.51. The fraction of sp³-hybridized carbons (Fsp3) is 0.278. The van der Waals surface area contributed by atoms with Crippen LogP contribution in [0, 0.1) is 11.6 Å². The van der Waals surface area contributed by atoms with E-state index in [1.165, 1.54) is 25.1 Å². The number of halogens is 2. The lowest BCUT2D eigenvalue weighted by molar-refractivity contribution is 0.0936. The van der Waals surface area contributed by atoms with Gasteiger partial charge in [-0.3, -0.25) is 4.79 Å². The lowest BCUT2D eigenvalue weighted by atomic mass is 10.1. The highest BCUT2D eigenvalue weighted by Gasteiger charge is 2.23. The summed E-state index contributed by atoms with van der Waals surface area (Å²) in [6.45, 7) is 3.27. The molecule has 1 atom stereocenters. The van der Waals surface area contributed by atoms with Crippen molar-refractivity contribution in [1.82, 2.24) is 5.32 Å². The van der Waals surface area contributed by atoms with Crippen molar-refractivity contribution in [1.29, 1.82) is 0 Å². The summed E-state index contributed by atoms with van der Waals surface area (Å²) in [6.07, 6.45) is 0.426. The second kappa shape index (κ2) is 7.74. The number of sulfone groups is 1. The van der Waals surface area contributed by atoms with E-state index in [-0.39, 0.29) is 21.8 Å². The van der Waals surface area contributed by atoms with Crippen molar-refractivity contribution in [2.75, 3.05) is 5.75 Å². The molecule has 7 heteroatoms. The summed E-state index contributed by atoms with van der Waals surface area (Å²) in [4.78, 5) is 12.5. The van der Waals surface area contributed by atoms with Gasteiger partial charge in [0, 0.05) is 11.6 Å². The van der Waals surface area contributed by atoms with Gasteiger partial charge in [-0.25, -0.2) is 17.2 Å². The molecule has 0 aliphatic carbocycles. The van der Waals surface area contributed by atoms with Crippen molar-refractivity contribution in [2.45, 2.75) is 31.2 Å². The molecule has 0 radical (unpaired) electrons. The first kappa shape index (κ1) is 19.1. The van der Waals surface area contributed by atoms with Crippen LogP contribution in [0.4, 0.5) is 8.78 Å². The molecule has 1 N–H and O–H groups in total. The fourth-order valence-corrected chi connectivity index (χ4v) is 4.05. The Labute approximate surface area is 145 Å². The summed E-state index contributed by atoms with van der Waals surface area (Å²) < 4.78 is 51.5. The van der Waals surface area contributed by atoms with Crippen LogP contribution in [0.5, 0.6) is 0 Å². The summed E-state index contributed by atoms with van der Waals surface area (Å²) >= 11 is 0. The first-order valence-electron chi connectivity index (χ1n) is 7.84. The molecule has 0 saturated carbocycles. The molecule has 0 spiro atoms. The monoisotopic (exact) mass is 367 g/mol. The van der Waals surface area contributed by atoms with Gasteiger partial charge in [-0.15, -0.1) is 0 Å². The van der Waals surface area contributed by atoms with Crippen LogP contribution in [0.25, 0.3) is 0 Å². The predicted molar refractivity (Wildman–Crippen MR) is 91.0 cm³/mol. The minimum atomic E-state index is -3.58. The Morgan fingerprint density at radius 1 is 1.16 bits per heavy atom. The molecule has 0 bridgehead atoms. The third kappa shape index (κ3) is 4.42. The van der Waals surface area contributed by atoms with Crippen LogP contribution in [0.1, 0.15) is 42.2 Å². The minimum Gasteiger partial charge on any atom is -0.345 e. The van der Waals surface area contributed by atoms with Gasteiger partial charge in [0.25, 0.3) is 5.91 Å². The Hall–Kier alpha value is -2.28. The number of amides is 1. The first-order valence-corrected chi connectivity index (χ1v) is 9.49. The van der Waals surface area contributed by atoms with Gasteiger partial charge in [-0.05, 0) is 31.5 Å². The second-order valence-electron chi connectivity index (χ2n) is 5.68. The lowest BCUT2D eigenvalue weighted by Gasteiger charge is -2.17. The largest absolute Gasteiger partial charge is 0.345 e. The summed E-state index contributed by atoms with van der Waals surface area (Å²) in [7, 11) is -3.58. The van der Waals surface area contributed by atoms with Crippen LogP contribution in [-0.4, -0.2) is 20.1 Å². The van der Waals surface area contributed by atoms with Crippen LogP contribution < -0.4 is 5.32 Å². The van der Waals surface area contributed by atoms with Gasteiger partial charge in [0.2, 0.25) is 0 Å². The minimum absolute atomic E-state index is 0.00493. The summed E-state index contributed by atoms with van der Waals surface area (Å²) in [5.41, 5.74) is 0.119. The summed E-state index contributed by atoms with van der Waals surface area (Å²) in [5.74, 6) is -2.19. The Balaban J connectivity index is 2.30. The Kier molecular flexibility index (Phi) is 5.89. The van der Waals surface area contributed by atoms with Crippen molar-refractivity contribution in [3.8, 4) is 0 Å². The SMILES string of the molecule is CCCS(=O)(=O)c1ccccc1C(=O)NC(C)c1ccc(F)cc1F. The quantitative estimate of drug-likeness (QED) is 0.848. The van der Waals surface area contributed by atoms with Gasteiger partial charge in [0.05, 0.1) is 22.3 Å². The second-order valence-corrected chi connectivity index (χ2v) is 7.75. The highest BCUT2D eigenvalue weighted by atomic mass is 32.2. The van der Waals surface area contributed by atoms with Crippen LogP contribution in [0.2, 0.25) is 0 Å². The number of hydrogen-bond donors (Lipinski definition) is 1. The molecule has 4 nitrogen and oxygen atoms in total. The molecule has 0 aliphatic heterocycles. The zero-order valence-electron chi connectivity index (χ0n) is 13.9. The van der Waals surface area contributed by atoms with E-state index in [0.29, 0.717) is 6.42 Å². The van der Waals surface area contributed by atoms with Gasteiger partial charge >= 0.3 is 0 Å². The number of hydrogen-bond acceptors (Lipinski definition) is 3. The number of carbonyl (C=O) groups excluding carboxylic acids is 1. The zero-order chi connectivity index (χ0) is 18.6. The van der Waals surface area contributed by atoms with E-state index < -0.39 is 33.4 Å². The Morgan fingerprint density at radius 2 is 1.84 bits per heavy atom. The molecule has 2 aromatic carbocycles. The number of benzene rings is 2. The van der Waals surface area contributed by atoms with E-state index >= 15 is 0 Å². The van der Waals surface area contributed by atoms with E-state index in [2.05, 4.69) is 5.32 Å². The van der Waals surface area contributed by atoms with Gasteiger partial charge in [0.15, 0.2) is 9.84 Å². The molecular formula is C18H19F2NO3S. The molecule has 0 fully saturated rings. The van der Waals surface area contributed by atoms with E-state index in [1.807, 2.05) is 0 Å². The molecule has 0 aliphatic rings. The molecule has 2 aromatic rings. The topological polar surface area (TPSA) is 63.2 Å². The van der Waals surface area contributed by atoms with Gasteiger partial charge < -0.3 is 5.32 Å². The molecule has 1 amide bonds. The van der Waals surface area contributed by atoms with Crippen LogP contribution in [0.3, 0.4) is 0 Å². The molecule has 2 rings (SSSR count). The van der Waals surface area contributed by atoms with E-state index in [9.17, 15) is 22.0 Å². The van der Waals surface area contributed by atoms with Crippen molar-refractivity contribution >= 4 is 15.7 Å². The van der Waals surface area contributed by atoms with Gasteiger partial charge in [0.1, 0.15) is 11.6 Å². The molecule has 134 valence electrons. The van der Waals surface area contributed by atoms with Crippen LogP contribution >= 0.6 is 0 Å².